The van der Waals surface area contributed by atoms with Crippen LogP contribution in [-0.4, -0.2) is 50.9 Å². The Morgan fingerprint density at radius 3 is 1.28 bits per heavy atom. The monoisotopic (exact) mass is 1030 g/mol. The molecule has 0 aliphatic heterocycles. The topological polar surface area (TPSA) is 125 Å². The molecule has 0 radical (unpaired) electrons. The first-order chi connectivity index (χ1) is 36.6. The Balaban J connectivity index is 1.51. The van der Waals surface area contributed by atoms with Crippen molar-refractivity contribution in [2.45, 2.75) is 190 Å². The van der Waals surface area contributed by atoms with Gasteiger partial charge in [0, 0.05) is 28.8 Å². The summed E-state index contributed by atoms with van der Waals surface area (Å²) in [4.78, 5) is 39.4. The number of hydrogen-bond donors (Lipinski definition) is 0. The maximum absolute atomic E-state index is 13.4. The van der Waals surface area contributed by atoms with E-state index in [2.05, 4.69) is 34.6 Å². The Morgan fingerprint density at radius 1 is 0.440 bits per heavy atom. The van der Waals surface area contributed by atoms with E-state index in [9.17, 15) is 14.4 Å². The SMILES string of the molecule is CCCCCCOc1ccc(/C=C/C(=O)Oc2ccc3cc(OC(=O)/C=C/c4ccc(COC(=O)C(C)CC)c(OCCCCCC)c4OCCCCCC)ccc3c2)c(OCCCCCC)c1OCCCCCC. The van der Waals surface area contributed by atoms with E-state index in [1.807, 2.05) is 50.2 Å². The van der Waals surface area contributed by atoms with Gasteiger partial charge in [0.1, 0.15) is 18.1 Å². The lowest BCUT2D eigenvalue weighted by molar-refractivity contribution is -0.149. The number of esters is 3. The van der Waals surface area contributed by atoms with E-state index in [0.717, 1.165) is 133 Å². The summed E-state index contributed by atoms with van der Waals surface area (Å²) >= 11 is 0. The molecule has 4 aromatic rings. The van der Waals surface area contributed by atoms with Crippen molar-refractivity contribution in [1.29, 1.82) is 0 Å². The predicted molar refractivity (Wildman–Crippen MR) is 304 cm³/mol. The van der Waals surface area contributed by atoms with Crippen molar-refractivity contribution in [2.24, 2.45) is 5.92 Å². The Morgan fingerprint density at radius 2 is 0.840 bits per heavy atom. The van der Waals surface area contributed by atoms with Crippen molar-refractivity contribution < 1.29 is 52.3 Å². The van der Waals surface area contributed by atoms with Crippen molar-refractivity contribution in [3.8, 4) is 40.2 Å². The fourth-order valence-corrected chi connectivity index (χ4v) is 8.19. The Labute approximate surface area is 450 Å². The number of rotatable bonds is 40. The zero-order valence-electron chi connectivity index (χ0n) is 46.7. The van der Waals surface area contributed by atoms with Gasteiger partial charge in [-0.3, -0.25) is 4.79 Å². The summed E-state index contributed by atoms with van der Waals surface area (Å²) in [6, 6.07) is 18.1. The minimum atomic E-state index is -0.575. The molecule has 0 bridgehead atoms. The molecule has 0 N–H and O–H groups in total. The summed E-state index contributed by atoms with van der Waals surface area (Å²) in [5.41, 5.74) is 2.05. The Bertz CT molecular complexity index is 2350. The Kier molecular flexibility index (Phi) is 30.3. The van der Waals surface area contributed by atoms with E-state index in [1.165, 1.54) is 18.6 Å². The molecule has 0 amide bonds. The first-order valence-electron chi connectivity index (χ1n) is 28.6. The van der Waals surface area contributed by atoms with Gasteiger partial charge < -0.3 is 37.9 Å². The Hall–Kier alpha value is -5.97. The maximum atomic E-state index is 13.4. The highest BCUT2D eigenvalue weighted by atomic mass is 16.6. The third-order valence-electron chi connectivity index (χ3n) is 13.0. The van der Waals surface area contributed by atoms with Gasteiger partial charge in [0.2, 0.25) is 5.75 Å². The van der Waals surface area contributed by atoms with Crippen LogP contribution in [0.15, 0.2) is 72.8 Å². The van der Waals surface area contributed by atoms with Crippen LogP contribution in [0.2, 0.25) is 0 Å². The molecule has 0 spiro atoms. The van der Waals surface area contributed by atoms with E-state index >= 15 is 0 Å². The van der Waals surface area contributed by atoms with E-state index in [4.69, 9.17) is 37.9 Å². The first kappa shape index (κ1) is 61.6. The average Bonchev–Trinajstić information content (AvgIpc) is 3.41. The lowest BCUT2D eigenvalue weighted by Crippen LogP contribution is -2.14. The quantitative estimate of drug-likeness (QED) is 0.0183. The lowest BCUT2D eigenvalue weighted by Gasteiger charge is -2.19. The molecule has 0 aliphatic carbocycles. The molecular weight excluding hydrogens is 945 g/mol. The highest BCUT2D eigenvalue weighted by Gasteiger charge is 2.21. The summed E-state index contributed by atoms with van der Waals surface area (Å²) in [5, 5.41) is 1.58. The second-order valence-corrected chi connectivity index (χ2v) is 19.4. The second kappa shape index (κ2) is 36.9. The standard InChI is InChI=1S/C64H90O11/c1-8-14-19-24-41-68-57-38-33-51(61(70-43-26-21-16-10-3)63(57)72-45-28-23-18-12-5)35-40-59(66)75-56-37-32-52-46-55(36-31-53(52)47-56)74-58(65)39-34-50-29-30-54(48-73-64(67)49(7)13-6)62(71-44-27-22-17-11-4)60(50)69-42-25-20-15-9-2/h29-40,46-47,49H,8-28,41-45,48H2,1-7H3/b39-34+,40-35+. The van der Waals surface area contributed by atoms with Crippen molar-refractivity contribution >= 4 is 40.8 Å². The van der Waals surface area contributed by atoms with Gasteiger partial charge in [-0.15, -0.1) is 0 Å². The molecule has 11 heteroatoms. The molecule has 0 fully saturated rings. The molecule has 4 aromatic carbocycles. The smallest absolute Gasteiger partial charge is 0.336 e. The van der Waals surface area contributed by atoms with E-state index < -0.39 is 11.9 Å². The summed E-state index contributed by atoms with van der Waals surface area (Å²) in [5.74, 6) is 1.94. The number of fused-ring (bicyclic) bond motifs is 1. The van der Waals surface area contributed by atoms with Crippen molar-refractivity contribution in [3.05, 3.63) is 89.5 Å². The van der Waals surface area contributed by atoms with Crippen LogP contribution < -0.4 is 33.2 Å². The summed E-state index contributed by atoms with van der Waals surface area (Å²) < 4.78 is 49.4. The van der Waals surface area contributed by atoms with Crippen LogP contribution in [-0.2, 0) is 25.7 Å². The zero-order valence-corrected chi connectivity index (χ0v) is 46.7. The van der Waals surface area contributed by atoms with E-state index in [-0.39, 0.29) is 18.5 Å². The molecule has 0 saturated heterocycles. The molecule has 1 atom stereocenters. The minimum absolute atomic E-state index is 0.0473. The second-order valence-electron chi connectivity index (χ2n) is 19.4. The van der Waals surface area contributed by atoms with Gasteiger partial charge in [0.25, 0.3) is 0 Å². The summed E-state index contributed by atoms with van der Waals surface area (Å²) in [6.45, 7) is 17.4. The molecule has 11 nitrogen and oxygen atoms in total. The zero-order chi connectivity index (χ0) is 53.9. The van der Waals surface area contributed by atoms with Gasteiger partial charge in [-0.05, 0) is 97.8 Å². The molecule has 412 valence electrons. The van der Waals surface area contributed by atoms with Gasteiger partial charge in [-0.1, -0.05) is 169 Å². The third-order valence-corrected chi connectivity index (χ3v) is 13.0. The molecule has 0 aliphatic rings. The first-order valence-corrected chi connectivity index (χ1v) is 28.6. The van der Waals surface area contributed by atoms with Gasteiger partial charge >= 0.3 is 17.9 Å². The van der Waals surface area contributed by atoms with Crippen LogP contribution in [0.1, 0.15) is 200 Å². The predicted octanol–water partition coefficient (Wildman–Crippen LogP) is 17.0. The summed E-state index contributed by atoms with van der Waals surface area (Å²) in [7, 11) is 0. The van der Waals surface area contributed by atoms with Crippen molar-refractivity contribution in [1.82, 2.24) is 0 Å². The molecular formula is C64H90O11. The van der Waals surface area contributed by atoms with E-state index in [1.54, 1.807) is 36.4 Å². The van der Waals surface area contributed by atoms with Crippen LogP contribution in [0.5, 0.6) is 40.2 Å². The maximum Gasteiger partial charge on any atom is 0.336 e. The number of benzene rings is 4. The largest absolute Gasteiger partial charge is 0.490 e. The number of unbranched alkanes of at least 4 members (excludes halogenated alkanes) is 15. The highest BCUT2D eigenvalue weighted by molar-refractivity contribution is 5.93. The van der Waals surface area contributed by atoms with Crippen molar-refractivity contribution in [2.75, 3.05) is 33.0 Å². The van der Waals surface area contributed by atoms with Gasteiger partial charge in [-0.2, -0.15) is 0 Å². The van der Waals surface area contributed by atoms with Crippen LogP contribution in [0.4, 0.5) is 0 Å². The molecule has 0 heterocycles. The van der Waals surface area contributed by atoms with Gasteiger partial charge in [0.05, 0.1) is 39.0 Å². The fraction of sp³-hybridized carbons (Fsp3) is 0.547. The number of carbonyl (C=O) groups excluding carboxylic acids is 3. The molecule has 75 heavy (non-hydrogen) atoms. The number of carbonyl (C=O) groups is 3. The lowest BCUT2D eigenvalue weighted by atomic mass is 10.1. The normalized spacial score (nSPS) is 11.8. The third kappa shape index (κ3) is 22.8. The molecule has 0 aromatic heterocycles. The van der Waals surface area contributed by atoms with Crippen LogP contribution in [0, 0.1) is 5.92 Å². The minimum Gasteiger partial charge on any atom is -0.490 e. The van der Waals surface area contributed by atoms with Crippen LogP contribution in [0.25, 0.3) is 22.9 Å². The highest BCUT2D eigenvalue weighted by Crippen LogP contribution is 2.42. The number of hydrogen-bond acceptors (Lipinski definition) is 11. The number of ether oxygens (including phenoxy) is 8. The molecule has 0 saturated carbocycles. The van der Waals surface area contributed by atoms with Crippen LogP contribution in [0.3, 0.4) is 0 Å². The summed E-state index contributed by atoms with van der Waals surface area (Å²) in [6.07, 6.45) is 28.0. The van der Waals surface area contributed by atoms with Crippen LogP contribution >= 0.6 is 0 Å². The fourth-order valence-electron chi connectivity index (χ4n) is 8.19. The average molecular weight is 1040 g/mol. The van der Waals surface area contributed by atoms with Gasteiger partial charge in [-0.25, -0.2) is 9.59 Å². The van der Waals surface area contributed by atoms with Crippen molar-refractivity contribution in [3.63, 3.8) is 0 Å². The molecule has 1 unspecified atom stereocenters. The van der Waals surface area contributed by atoms with Gasteiger partial charge in [0.15, 0.2) is 23.0 Å². The molecule has 4 rings (SSSR count). The van der Waals surface area contributed by atoms with E-state index in [0.29, 0.717) is 96.4 Å².